The number of carbonyl (C=O) groups is 1. The third-order valence-corrected chi connectivity index (χ3v) is 7.42. The van der Waals surface area contributed by atoms with Crippen molar-refractivity contribution in [3.63, 3.8) is 0 Å². The maximum atomic E-state index is 12.6. The summed E-state index contributed by atoms with van der Waals surface area (Å²) >= 11 is 1.61. The number of hydrogen-bond acceptors (Lipinski definition) is 5. The first kappa shape index (κ1) is 18.9. The third kappa shape index (κ3) is 3.90. The van der Waals surface area contributed by atoms with Crippen molar-refractivity contribution in [3.05, 3.63) is 16.0 Å². The van der Waals surface area contributed by atoms with Gasteiger partial charge in [-0.25, -0.2) is 0 Å². The zero-order chi connectivity index (χ0) is 18.9. The number of amides is 1. The van der Waals surface area contributed by atoms with Crippen LogP contribution in [-0.2, 0) is 27.1 Å². The molecule has 2 aliphatic heterocycles. The molecule has 7 heteroatoms. The summed E-state index contributed by atoms with van der Waals surface area (Å²) in [5.41, 5.74) is 1.86. The molecule has 27 heavy (non-hydrogen) atoms. The van der Waals surface area contributed by atoms with Gasteiger partial charge < -0.3 is 19.7 Å². The molecule has 0 radical (unpaired) electrons. The van der Waals surface area contributed by atoms with Crippen molar-refractivity contribution in [2.75, 3.05) is 38.2 Å². The van der Waals surface area contributed by atoms with E-state index in [1.54, 1.807) is 11.3 Å². The number of fused-ring (bicyclic) bond motifs is 1. The summed E-state index contributed by atoms with van der Waals surface area (Å²) in [7, 11) is 0. The second-order valence-electron chi connectivity index (χ2n) is 7.92. The molecule has 2 saturated heterocycles. The summed E-state index contributed by atoms with van der Waals surface area (Å²) in [5.74, 6) is 0.309. The van der Waals surface area contributed by atoms with E-state index in [2.05, 4.69) is 18.3 Å². The largest absolute Gasteiger partial charge is 0.347 e. The highest BCUT2D eigenvalue weighted by atomic mass is 32.1. The summed E-state index contributed by atoms with van der Waals surface area (Å²) in [6.07, 6.45) is 6.00. The fourth-order valence-corrected chi connectivity index (χ4v) is 5.88. The molecule has 1 aromatic rings. The Balaban J connectivity index is 1.36. The number of anilines is 1. The van der Waals surface area contributed by atoms with Gasteiger partial charge in [0.15, 0.2) is 12.3 Å². The van der Waals surface area contributed by atoms with Crippen LogP contribution >= 0.6 is 11.3 Å². The molecule has 1 spiro atoms. The molecule has 146 valence electrons. The Morgan fingerprint density at radius 3 is 2.78 bits per heavy atom. The van der Waals surface area contributed by atoms with Gasteiger partial charge in [0.05, 0.1) is 44.7 Å². The Hall–Kier alpha value is -1.46. The van der Waals surface area contributed by atoms with Crippen LogP contribution < -0.4 is 10.2 Å². The van der Waals surface area contributed by atoms with E-state index in [0.717, 1.165) is 50.2 Å². The number of nitrogens with zero attached hydrogens (tertiary/aromatic N) is 1. The van der Waals surface area contributed by atoms with Crippen molar-refractivity contribution < 1.29 is 19.2 Å². The number of ether oxygens (including phenoxy) is 2. The van der Waals surface area contributed by atoms with Gasteiger partial charge >= 0.3 is 0 Å². The molecule has 3 heterocycles. The third-order valence-electron chi connectivity index (χ3n) is 6.25. The van der Waals surface area contributed by atoms with Crippen LogP contribution in [0.5, 0.6) is 0 Å². The number of carbonyl (C=O) groups excluding carboxylic acids is 1. The van der Waals surface area contributed by atoms with Gasteiger partial charge in [-0.15, -0.1) is 11.3 Å². The number of rotatable bonds is 4. The number of nitriles is 1. The summed E-state index contributed by atoms with van der Waals surface area (Å²) in [4.78, 5) is 15.1. The van der Waals surface area contributed by atoms with Crippen LogP contribution in [0, 0.1) is 17.2 Å². The summed E-state index contributed by atoms with van der Waals surface area (Å²) in [5, 5.41) is 13.4. The lowest BCUT2D eigenvalue weighted by molar-refractivity contribution is -0.900. The summed E-state index contributed by atoms with van der Waals surface area (Å²) in [6, 6.07) is 2.33. The molecule has 1 aliphatic carbocycles. The lowest BCUT2D eigenvalue weighted by Crippen LogP contribution is -3.14. The molecule has 6 nitrogen and oxygen atoms in total. The minimum absolute atomic E-state index is 0.00338. The number of nitrogens with one attached hydrogen (secondary N) is 2. The van der Waals surface area contributed by atoms with Gasteiger partial charge in [-0.1, -0.05) is 13.3 Å². The number of quaternary nitrogens is 1. The van der Waals surface area contributed by atoms with E-state index < -0.39 is 5.79 Å². The van der Waals surface area contributed by atoms with E-state index in [-0.39, 0.29) is 5.91 Å². The molecular weight excluding hydrogens is 362 g/mol. The van der Waals surface area contributed by atoms with Gasteiger partial charge in [0, 0.05) is 4.88 Å². The van der Waals surface area contributed by atoms with Crippen molar-refractivity contribution >= 4 is 22.2 Å². The maximum absolute atomic E-state index is 12.6. The van der Waals surface area contributed by atoms with E-state index in [0.29, 0.717) is 31.2 Å². The normalized spacial score (nSPS) is 24.5. The SMILES string of the molecule is CC[C@@H]1CCc2c(sc(NC(=O)C[NH+]3CCC4(CC3)OCCO4)c2C#N)C1. The van der Waals surface area contributed by atoms with Gasteiger partial charge in [0.1, 0.15) is 11.1 Å². The van der Waals surface area contributed by atoms with Crippen molar-refractivity contribution in [2.24, 2.45) is 5.92 Å². The van der Waals surface area contributed by atoms with Crippen molar-refractivity contribution in [3.8, 4) is 6.07 Å². The molecule has 3 aliphatic rings. The Morgan fingerprint density at radius 1 is 1.37 bits per heavy atom. The number of thiophene rings is 1. The monoisotopic (exact) mass is 390 g/mol. The molecule has 1 atom stereocenters. The second kappa shape index (κ2) is 7.88. The Morgan fingerprint density at radius 2 is 2.11 bits per heavy atom. The van der Waals surface area contributed by atoms with Gasteiger partial charge in [-0.2, -0.15) is 5.26 Å². The zero-order valence-electron chi connectivity index (χ0n) is 15.9. The zero-order valence-corrected chi connectivity index (χ0v) is 16.8. The molecule has 1 amide bonds. The van der Waals surface area contributed by atoms with Gasteiger partial charge in [-0.05, 0) is 30.7 Å². The molecule has 2 fully saturated rings. The molecule has 0 bridgehead atoms. The standard InChI is InChI=1S/C20H27N3O3S/c1-2-14-3-4-15-16(12-21)19(27-17(15)11-14)22-18(24)13-23-7-5-20(6-8-23)25-9-10-26-20/h14H,2-11,13H2,1H3,(H,22,24)/p+1/t14-/m1/s1. The van der Waals surface area contributed by atoms with Gasteiger partial charge in [0.2, 0.25) is 0 Å². The second-order valence-corrected chi connectivity index (χ2v) is 9.02. The van der Waals surface area contributed by atoms with Crippen molar-refractivity contribution in [1.29, 1.82) is 5.26 Å². The fourth-order valence-electron chi connectivity index (χ4n) is 4.55. The molecule has 0 unspecified atom stereocenters. The Bertz CT molecular complexity index is 738. The molecule has 0 aromatic carbocycles. The predicted molar refractivity (Wildman–Crippen MR) is 103 cm³/mol. The average molecular weight is 391 g/mol. The first-order valence-electron chi connectivity index (χ1n) is 10.1. The number of piperidine rings is 1. The van der Waals surface area contributed by atoms with Crippen LogP contribution in [0.4, 0.5) is 5.00 Å². The van der Waals surface area contributed by atoms with E-state index in [1.165, 1.54) is 21.8 Å². The molecule has 2 N–H and O–H groups in total. The quantitative estimate of drug-likeness (QED) is 0.817. The van der Waals surface area contributed by atoms with E-state index >= 15 is 0 Å². The predicted octanol–water partition coefficient (Wildman–Crippen LogP) is 1.49. The fraction of sp³-hybridized carbons (Fsp3) is 0.700. The highest BCUT2D eigenvalue weighted by Crippen LogP contribution is 2.39. The molecule has 1 aromatic heterocycles. The van der Waals surface area contributed by atoms with Crippen LogP contribution in [0.2, 0.25) is 0 Å². The van der Waals surface area contributed by atoms with Crippen LogP contribution in [0.3, 0.4) is 0 Å². The summed E-state index contributed by atoms with van der Waals surface area (Å²) < 4.78 is 11.5. The molecule has 4 rings (SSSR count). The number of likely N-dealkylation sites (tertiary alicyclic amines) is 1. The van der Waals surface area contributed by atoms with Crippen LogP contribution in [0.25, 0.3) is 0 Å². The average Bonchev–Trinajstić information content (AvgIpc) is 3.27. The lowest BCUT2D eigenvalue weighted by atomic mass is 9.86. The lowest BCUT2D eigenvalue weighted by Gasteiger charge is -2.34. The number of hydrogen-bond donors (Lipinski definition) is 2. The van der Waals surface area contributed by atoms with Crippen LogP contribution in [0.1, 0.15) is 48.6 Å². The molecule has 0 saturated carbocycles. The first-order chi connectivity index (χ1) is 13.1. The molecular formula is C20H28N3O3S+. The minimum atomic E-state index is -0.392. The van der Waals surface area contributed by atoms with E-state index in [1.807, 2.05) is 0 Å². The Labute approximate surface area is 164 Å². The van der Waals surface area contributed by atoms with Gasteiger partial charge in [0.25, 0.3) is 5.91 Å². The van der Waals surface area contributed by atoms with Crippen LogP contribution in [0.15, 0.2) is 0 Å². The van der Waals surface area contributed by atoms with Crippen molar-refractivity contribution in [1.82, 2.24) is 0 Å². The maximum Gasteiger partial charge on any atom is 0.280 e. The minimum Gasteiger partial charge on any atom is -0.347 e. The van der Waals surface area contributed by atoms with E-state index in [9.17, 15) is 10.1 Å². The van der Waals surface area contributed by atoms with E-state index in [4.69, 9.17) is 9.47 Å². The summed E-state index contributed by atoms with van der Waals surface area (Å²) in [6.45, 7) is 5.75. The smallest absolute Gasteiger partial charge is 0.280 e. The first-order valence-corrected chi connectivity index (χ1v) is 10.9. The highest BCUT2D eigenvalue weighted by molar-refractivity contribution is 7.16. The van der Waals surface area contributed by atoms with Gasteiger partial charge in [-0.3, -0.25) is 4.79 Å². The Kier molecular flexibility index (Phi) is 5.51. The highest BCUT2D eigenvalue weighted by Gasteiger charge is 2.42. The van der Waals surface area contributed by atoms with Crippen molar-refractivity contribution in [2.45, 2.75) is 51.2 Å². The topological polar surface area (TPSA) is 75.8 Å². The van der Waals surface area contributed by atoms with Crippen LogP contribution in [-0.4, -0.2) is 44.5 Å².